The molecule has 0 aliphatic carbocycles. The summed E-state index contributed by atoms with van der Waals surface area (Å²) in [6, 6.07) is 26.9. The number of amidine groups is 1. The van der Waals surface area contributed by atoms with Gasteiger partial charge in [-0.3, -0.25) is 10.2 Å². The van der Waals surface area contributed by atoms with Gasteiger partial charge in [0.15, 0.2) is 0 Å². The maximum atomic E-state index is 14.0. The summed E-state index contributed by atoms with van der Waals surface area (Å²) in [5.74, 6) is -0.540. The predicted molar refractivity (Wildman–Crippen MR) is 169 cm³/mol. The summed E-state index contributed by atoms with van der Waals surface area (Å²) in [4.78, 5) is 28.1. The maximum absolute atomic E-state index is 14.0. The third-order valence-electron chi connectivity index (χ3n) is 7.57. The molecular weight excluding hydrogens is 578 g/mol. The highest BCUT2D eigenvalue weighted by atomic mass is 32.2. The van der Waals surface area contributed by atoms with Crippen molar-refractivity contribution in [1.29, 1.82) is 5.41 Å². The summed E-state index contributed by atoms with van der Waals surface area (Å²) in [5.41, 5.74) is 7.66. The number of amides is 2. The van der Waals surface area contributed by atoms with Gasteiger partial charge in [0, 0.05) is 24.7 Å². The van der Waals surface area contributed by atoms with E-state index in [1.165, 1.54) is 6.07 Å². The number of sulfonamides is 1. The zero-order valence-corrected chi connectivity index (χ0v) is 24.9. The lowest BCUT2D eigenvalue weighted by atomic mass is 10.0. The first-order chi connectivity index (χ1) is 21.2. The minimum absolute atomic E-state index is 0.0421. The van der Waals surface area contributed by atoms with Crippen molar-refractivity contribution in [3.05, 3.63) is 114 Å². The van der Waals surface area contributed by atoms with Crippen LogP contribution in [0.5, 0.6) is 0 Å². The topological polar surface area (TPSA) is 155 Å². The Balaban J connectivity index is 1.33. The van der Waals surface area contributed by atoms with E-state index < -0.39 is 28.1 Å². The SMILES string of the molecule is N=C(N)c1cccc(C[C@H](NS(=O)(=O)c2ccc3ccccc3c2)C(=O)N2CCC[C@@H](NC(=O)OCc3ccccc3)C2)c1. The van der Waals surface area contributed by atoms with E-state index in [1.54, 1.807) is 41.3 Å². The summed E-state index contributed by atoms with van der Waals surface area (Å²) in [6.45, 7) is 0.749. The van der Waals surface area contributed by atoms with Gasteiger partial charge in [-0.25, -0.2) is 13.2 Å². The average molecular weight is 614 g/mol. The number of likely N-dealkylation sites (tertiary alicyclic amines) is 1. The molecule has 0 aromatic heterocycles. The zero-order valence-electron chi connectivity index (χ0n) is 24.1. The number of hydrogen-bond donors (Lipinski definition) is 4. The van der Waals surface area contributed by atoms with E-state index in [0.717, 1.165) is 16.3 Å². The Labute approximate surface area is 256 Å². The Bertz CT molecular complexity index is 1760. The lowest BCUT2D eigenvalue weighted by Gasteiger charge is -2.35. The molecule has 2 atom stereocenters. The van der Waals surface area contributed by atoms with Crippen LogP contribution in [0.15, 0.2) is 102 Å². The van der Waals surface area contributed by atoms with Gasteiger partial charge in [0.1, 0.15) is 18.5 Å². The summed E-state index contributed by atoms with van der Waals surface area (Å²) in [6.07, 6.45) is 0.737. The molecule has 0 saturated carbocycles. The zero-order chi connectivity index (χ0) is 31.1. The van der Waals surface area contributed by atoms with Crippen molar-refractivity contribution in [2.45, 2.75) is 42.8 Å². The van der Waals surface area contributed by atoms with Crippen LogP contribution in [0.3, 0.4) is 0 Å². The number of rotatable bonds is 10. The first-order valence-corrected chi connectivity index (χ1v) is 15.9. The van der Waals surface area contributed by atoms with Crippen molar-refractivity contribution in [3.63, 3.8) is 0 Å². The second-order valence-electron chi connectivity index (χ2n) is 10.8. The van der Waals surface area contributed by atoms with E-state index in [1.807, 2.05) is 54.6 Å². The minimum atomic E-state index is -4.10. The second-order valence-corrected chi connectivity index (χ2v) is 12.5. The van der Waals surface area contributed by atoms with E-state index in [4.69, 9.17) is 15.9 Å². The smallest absolute Gasteiger partial charge is 0.407 e. The minimum Gasteiger partial charge on any atom is -0.445 e. The molecule has 5 rings (SSSR count). The standard InChI is InChI=1S/C33H35N5O5S/c34-31(35)27-13-6-10-24(18-27)19-30(37-44(41,42)29-16-15-25-11-4-5-12-26(25)20-29)32(39)38-17-7-14-28(21-38)36-33(40)43-22-23-8-2-1-3-9-23/h1-6,8-13,15-16,18,20,28,30,37H,7,14,17,19,21-22H2,(H3,34,35)(H,36,40)/t28-,30+/m1/s1. The fourth-order valence-electron chi connectivity index (χ4n) is 5.32. The van der Waals surface area contributed by atoms with Crippen LogP contribution in [-0.2, 0) is 32.6 Å². The van der Waals surface area contributed by atoms with E-state index in [9.17, 15) is 18.0 Å². The Morgan fingerprint density at radius 2 is 1.66 bits per heavy atom. The summed E-state index contributed by atoms with van der Waals surface area (Å²) in [7, 11) is -4.10. The molecule has 0 spiro atoms. The number of carbonyl (C=O) groups is 2. The number of nitrogens with two attached hydrogens (primary N) is 1. The van der Waals surface area contributed by atoms with Crippen LogP contribution in [0.2, 0.25) is 0 Å². The number of piperidine rings is 1. The number of hydrogen-bond acceptors (Lipinski definition) is 6. The lowest BCUT2D eigenvalue weighted by molar-refractivity contribution is -0.134. The Morgan fingerprint density at radius 3 is 2.43 bits per heavy atom. The van der Waals surface area contributed by atoms with Gasteiger partial charge < -0.3 is 20.7 Å². The summed E-state index contributed by atoms with van der Waals surface area (Å²) < 4.78 is 35.3. The maximum Gasteiger partial charge on any atom is 0.407 e. The molecule has 2 amide bonds. The summed E-state index contributed by atoms with van der Waals surface area (Å²) in [5, 5.41) is 12.3. The number of alkyl carbamates (subject to hydrolysis) is 1. The first kappa shape index (κ1) is 30.7. The van der Waals surface area contributed by atoms with Gasteiger partial charge in [-0.15, -0.1) is 0 Å². The molecule has 1 saturated heterocycles. The normalized spacial score (nSPS) is 15.8. The number of benzene rings is 4. The van der Waals surface area contributed by atoms with Gasteiger partial charge in [-0.05, 0) is 59.4 Å². The van der Waals surface area contributed by atoms with Crippen molar-refractivity contribution in [2.24, 2.45) is 5.73 Å². The second kappa shape index (κ2) is 13.7. The van der Waals surface area contributed by atoms with Gasteiger partial charge in [-0.1, -0.05) is 78.9 Å². The van der Waals surface area contributed by atoms with E-state index in [0.29, 0.717) is 30.5 Å². The van der Waals surface area contributed by atoms with Gasteiger partial charge in [0.05, 0.1) is 4.90 Å². The van der Waals surface area contributed by atoms with Gasteiger partial charge in [-0.2, -0.15) is 4.72 Å². The van der Waals surface area contributed by atoms with Crippen molar-refractivity contribution in [2.75, 3.05) is 13.1 Å². The fourth-order valence-corrected chi connectivity index (χ4v) is 6.54. The molecule has 44 heavy (non-hydrogen) atoms. The molecule has 1 aliphatic rings. The van der Waals surface area contributed by atoms with E-state index >= 15 is 0 Å². The van der Waals surface area contributed by atoms with E-state index in [-0.39, 0.29) is 36.3 Å². The average Bonchev–Trinajstić information content (AvgIpc) is 3.03. The quantitative estimate of drug-likeness (QED) is 0.157. The number of nitrogen functional groups attached to an aromatic ring is 1. The number of ether oxygens (including phenoxy) is 1. The molecule has 0 bridgehead atoms. The molecule has 0 radical (unpaired) electrons. The van der Waals surface area contributed by atoms with Gasteiger partial charge in [0.2, 0.25) is 15.9 Å². The number of nitrogens with one attached hydrogen (secondary N) is 3. The molecule has 1 fully saturated rings. The molecule has 4 aromatic rings. The largest absolute Gasteiger partial charge is 0.445 e. The van der Waals surface area contributed by atoms with E-state index in [2.05, 4.69) is 10.0 Å². The van der Waals surface area contributed by atoms with Crippen LogP contribution in [0.4, 0.5) is 4.79 Å². The molecule has 4 aromatic carbocycles. The molecule has 1 heterocycles. The molecular formula is C33H35N5O5S. The fraction of sp³-hybridized carbons (Fsp3) is 0.242. The van der Waals surface area contributed by atoms with Crippen LogP contribution in [0, 0.1) is 5.41 Å². The molecule has 11 heteroatoms. The van der Waals surface area contributed by atoms with Crippen LogP contribution < -0.4 is 15.8 Å². The highest BCUT2D eigenvalue weighted by Gasteiger charge is 2.33. The van der Waals surface area contributed by atoms with Crippen LogP contribution in [0.1, 0.15) is 29.5 Å². The van der Waals surface area contributed by atoms with Crippen molar-refractivity contribution < 1.29 is 22.7 Å². The predicted octanol–water partition coefficient (Wildman–Crippen LogP) is 3.93. The van der Waals surface area contributed by atoms with Gasteiger partial charge in [0.25, 0.3) is 0 Å². The third kappa shape index (κ3) is 7.80. The molecule has 1 aliphatic heterocycles. The molecule has 228 valence electrons. The van der Waals surface area contributed by atoms with Crippen LogP contribution in [-0.4, -0.2) is 56.3 Å². The summed E-state index contributed by atoms with van der Waals surface area (Å²) >= 11 is 0. The Kier molecular flexibility index (Phi) is 9.56. The highest BCUT2D eigenvalue weighted by Crippen LogP contribution is 2.21. The molecule has 5 N–H and O–H groups in total. The molecule has 10 nitrogen and oxygen atoms in total. The van der Waals surface area contributed by atoms with Crippen molar-refractivity contribution in [1.82, 2.24) is 14.9 Å². The number of nitrogens with zero attached hydrogens (tertiary/aromatic N) is 1. The monoisotopic (exact) mass is 613 g/mol. The highest BCUT2D eigenvalue weighted by molar-refractivity contribution is 7.89. The van der Waals surface area contributed by atoms with Crippen LogP contribution >= 0.6 is 0 Å². The van der Waals surface area contributed by atoms with Crippen molar-refractivity contribution in [3.8, 4) is 0 Å². The Hall–Kier alpha value is -4.74. The molecule has 0 unspecified atom stereocenters. The van der Waals surface area contributed by atoms with Gasteiger partial charge >= 0.3 is 6.09 Å². The third-order valence-corrected chi connectivity index (χ3v) is 9.04. The lowest BCUT2D eigenvalue weighted by Crippen LogP contribution is -2.55. The number of fused-ring (bicyclic) bond motifs is 1. The number of carbonyl (C=O) groups excluding carboxylic acids is 2. The van der Waals surface area contributed by atoms with Crippen molar-refractivity contribution >= 4 is 38.6 Å². The first-order valence-electron chi connectivity index (χ1n) is 14.4. The Morgan fingerprint density at radius 1 is 0.932 bits per heavy atom. The van der Waals surface area contributed by atoms with Crippen LogP contribution in [0.25, 0.3) is 10.8 Å².